The van der Waals surface area contributed by atoms with Gasteiger partial charge in [-0.15, -0.1) is 0 Å². The van der Waals surface area contributed by atoms with E-state index in [1.165, 1.54) is 7.11 Å². The minimum absolute atomic E-state index is 0.00412. The van der Waals surface area contributed by atoms with Gasteiger partial charge in [0.05, 0.1) is 19.1 Å². The Kier molecular flexibility index (Phi) is 4.18. The Morgan fingerprint density at radius 2 is 2.06 bits per heavy atom. The predicted octanol–water partition coefficient (Wildman–Crippen LogP) is 1.87. The molecule has 2 aliphatic rings. The Morgan fingerprint density at radius 3 is 2.75 bits per heavy atom. The molecule has 0 unspecified atom stereocenters. The van der Waals surface area contributed by atoms with Crippen LogP contribution >= 0.6 is 0 Å². The maximum absolute atomic E-state index is 11.5. The lowest BCUT2D eigenvalue weighted by molar-refractivity contribution is -0.198. The first-order valence-corrected chi connectivity index (χ1v) is 6.16. The molecule has 4 nitrogen and oxygen atoms in total. The molecule has 1 heterocycles. The third kappa shape index (κ3) is 2.74. The van der Waals surface area contributed by atoms with E-state index in [-0.39, 0.29) is 24.3 Å². The zero-order chi connectivity index (χ0) is 11.4. The molecule has 0 aromatic carbocycles. The SMILES string of the molecule is COC(=O)[C@@H]1CCC[C@H]1O[C@H]1CCCCO1. The van der Waals surface area contributed by atoms with Gasteiger partial charge in [0.2, 0.25) is 0 Å². The molecule has 0 amide bonds. The first-order chi connectivity index (χ1) is 7.81. The molecule has 2 fully saturated rings. The summed E-state index contributed by atoms with van der Waals surface area (Å²) in [7, 11) is 1.44. The van der Waals surface area contributed by atoms with Gasteiger partial charge in [-0.05, 0) is 38.5 Å². The smallest absolute Gasteiger partial charge is 0.311 e. The van der Waals surface area contributed by atoms with Crippen LogP contribution in [0.15, 0.2) is 0 Å². The van der Waals surface area contributed by atoms with Crippen molar-refractivity contribution in [2.24, 2.45) is 5.92 Å². The monoisotopic (exact) mass is 228 g/mol. The lowest BCUT2D eigenvalue weighted by atomic mass is 10.1. The van der Waals surface area contributed by atoms with Crippen LogP contribution in [0, 0.1) is 5.92 Å². The van der Waals surface area contributed by atoms with Crippen LogP contribution in [0.25, 0.3) is 0 Å². The highest BCUT2D eigenvalue weighted by Gasteiger charge is 2.36. The van der Waals surface area contributed by atoms with Gasteiger partial charge in [0.1, 0.15) is 0 Å². The van der Waals surface area contributed by atoms with E-state index in [2.05, 4.69) is 0 Å². The Morgan fingerprint density at radius 1 is 1.19 bits per heavy atom. The van der Waals surface area contributed by atoms with Crippen molar-refractivity contribution in [3.63, 3.8) is 0 Å². The van der Waals surface area contributed by atoms with Crippen molar-refractivity contribution < 1.29 is 19.0 Å². The fourth-order valence-electron chi connectivity index (χ4n) is 2.52. The fraction of sp³-hybridized carbons (Fsp3) is 0.917. The van der Waals surface area contributed by atoms with E-state index in [1.807, 2.05) is 0 Å². The molecule has 1 saturated heterocycles. The van der Waals surface area contributed by atoms with Crippen LogP contribution in [0.1, 0.15) is 38.5 Å². The summed E-state index contributed by atoms with van der Waals surface area (Å²) in [5, 5.41) is 0. The quantitative estimate of drug-likeness (QED) is 0.692. The number of ether oxygens (including phenoxy) is 3. The standard InChI is InChI=1S/C12H20O4/c1-14-12(13)9-5-4-6-10(9)16-11-7-2-3-8-15-11/h9-11H,2-8H2,1H3/t9-,10-,11+/m1/s1. The average Bonchev–Trinajstić information content (AvgIpc) is 2.77. The van der Waals surface area contributed by atoms with Crippen LogP contribution < -0.4 is 0 Å². The largest absolute Gasteiger partial charge is 0.469 e. The van der Waals surface area contributed by atoms with Gasteiger partial charge >= 0.3 is 5.97 Å². The number of esters is 1. The van der Waals surface area contributed by atoms with Crippen LogP contribution in [0.4, 0.5) is 0 Å². The summed E-state index contributed by atoms with van der Waals surface area (Å²) in [6.45, 7) is 0.778. The number of methoxy groups -OCH3 is 1. The molecule has 4 heteroatoms. The van der Waals surface area contributed by atoms with E-state index in [1.54, 1.807) is 0 Å². The lowest BCUT2D eigenvalue weighted by Gasteiger charge is -2.27. The van der Waals surface area contributed by atoms with E-state index < -0.39 is 0 Å². The average molecular weight is 228 g/mol. The number of carbonyl (C=O) groups is 1. The summed E-state index contributed by atoms with van der Waals surface area (Å²) in [5.41, 5.74) is 0. The summed E-state index contributed by atoms with van der Waals surface area (Å²) in [6.07, 6.45) is 5.97. The van der Waals surface area contributed by atoms with Gasteiger partial charge in [-0.3, -0.25) is 4.79 Å². The number of hydrogen-bond acceptors (Lipinski definition) is 4. The number of carbonyl (C=O) groups excluding carboxylic acids is 1. The van der Waals surface area contributed by atoms with Gasteiger partial charge < -0.3 is 14.2 Å². The minimum atomic E-state index is -0.140. The van der Waals surface area contributed by atoms with Crippen molar-refractivity contribution >= 4 is 5.97 Å². The molecule has 2 rings (SSSR count). The van der Waals surface area contributed by atoms with Gasteiger partial charge in [-0.1, -0.05) is 0 Å². The second-order valence-electron chi connectivity index (χ2n) is 4.53. The van der Waals surface area contributed by atoms with E-state index in [0.29, 0.717) is 0 Å². The fourth-order valence-corrected chi connectivity index (χ4v) is 2.52. The van der Waals surface area contributed by atoms with Crippen molar-refractivity contribution in [1.82, 2.24) is 0 Å². The maximum Gasteiger partial charge on any atom is 0.311 e. The van der Waals surface area contributed by atoms with Crippen molar-refractivity contribution in [2.75, 3.05) is 13.7 Å². The predicted molar refractivity (Wildman–Crippen MR) is 57.8 cm³/mol. The second-order valence-corrected chi connectivity index (χ2v) is 4.53. The Labute approximate surface area is 96.2 Å². The highest BCUT2D eigenvalue weighted by molar-refractivity contribution is 5.73. The zero-order valence-corrected chi connectivity index (χ0v) is 9.81. The van der Waals surface area contributed by atoms with Crippen LogP contribution in [0.3, 0.4) is 0 Å². The molecular weight excluding hydrogens is 208 g/mol. The summed E-state index contributed by atoms with van der Waals surface area (Å²) >= 11 is 0. The van der Waals surface area contributed by atoms with Crippen LogP contribution in [0.5, 0.6) is 0 Å². The van der Waals surface area contributed by atoms with E-state index in [0.717, 1.165) is 45.1 Å². The third-order valence-corrected chi connectivity index (χ3v) is 3.42. The van der Waals surface area contributed by atoms with Crippen LogP contribution in [0.2, 0.25) is 0 Å². The third-order valence-electron chi connectivity index (χ3n) is 3.42. The highest BCUT2D eigenvalue weighted by atomic mass is 16.7. The van der Waals surface area contributed by atoms with Crippen LogP contribution in [-0.4, -0.2) is 32.1 Å². The van der Waals surface area contributed by atoms with Crippen LogP contribution in [-0.2, 0) is 19.0 Å². The van der Waals surface area contributed by atoms with E-state index in [4.69, 9.17) is 14.2 Å². The van der Waals surface area contributed by atoms with E-state index >= 15 is 0 Å². The Hall–Kier alpha value is -0.610. The molecule has 16 heavy (non-hydrogen) atoms. The molecule has 0 bridgehead atoms. The second kappa shape index (κ2) is 5.64. The molecule has 92 valence electrons. The van der Waals surface area contributed by atoms with Crippen molar-refractivity contribution in [3.05, 3.63) is 0 Å². The molecule has 3 atom stereocenters. The molecular formula is C12H20O4. The molecule has 1 saturated carbocycles. The van der Waals surface area contributed by atoms with Gasteiger partial charge in [0.15, 0.2) is 6.29 Å². The van der Waals surface area contributed by atoms with Crippen molar-refractivity contribution in [1.29, 1.82) is 0 Å². The van der Waals surface area contributed by atoms with Gasteiger partial charge in [0.25, 0.3) is 0 Å². The highest BCUT2D eigenvalue weighted by Crippen LogP contribution is 2.31. The molecule has 1 aliphatic heterocycles. The van der Waals surface area contributed by atoms with Crippen molar-refractivity contribution in [3.8, 4) is 0 Å². The minimum Gasteiger partial charge on any atom is -0.469 e. The lowest BCUT2D eigenvalue weighted by Crippen LogP contribution is -2.33. The summed E-state index contributed by atoms with van der Waals surface area (Å²) < 4.78 is 16.2. The van der Waals surface area contributed by atoms with Gasteiger partial charge in [-0.2, -0.15) is 0 Å². The maximum atomic E-state index is 11.5. The zero-order valence-electron chi connectivity index (χ0n) is 9.81. The normalized spacial score (nSPS) is 34.9. The number of rotatable bonds is 3. The molecule has 0 aromatic rings. The topological polar surface area (TPSA) is 44.8 Å². The van der Waals surface area contributed by atoms with Gasteiger partial charge in [-0.25, -0.2) is 0 Å². The Bertz CT molecular complexity index is 235. The number of hydrogen-bond donors (Lipinski definition) is 0. The molecule has 0 N–H and O–H groups in total. The molecule has 0 radical (unpaired) electrons. The molecule has 0 aromatic heterocycles. The first kappa shape index (κ1) is 11.9. The van der Waals surface area contributed by atoms with E-state index in [9.17, 15) is 4.79 Å². The van der Waals surface area contributed by atoms with Crippen molar-refractivity contribution in [2.45, 2.75) is 50.9 Å². The molecule has 1 aliphatic carbocycles. The summed E-state index contributed by atoms with van der Waals surface area (Å²) in [4.78, 5) is 11.5. The molecule has 0 spiro atoms. The van der Waals surface area contributed by atoms with Gasteiger partial charge in [0, 0.05) is 6.61 Å². The Balaban J connectivity index is 1.85. The first-order valence-electron chi connectivity index (χ1n) is 6.16. The summed E-state index contributed by atoms with van der Waals surface area (Å²) in [5.74, 6) is -0.228. The summed E-state index contributed by atoms with van der Waals surface area (Å²) in [6, 6.07) is 0.